The van der Waals surface area contributed by atoms with Gasteiger partial charge in [0.15, 0.2) is 5.82 Å². The number of phenolic OH excluding ortho intramolecular Hbond substituents is 1. The number of rotatable bonds is 6. The molecule has 33 heavy (non-hydrogen) atoms. The lowest BCUT2D eigenvalue weighted by Crippen LogP contribution is -2.31. The van der Waals surface area contributed by atoms with Gasteiger partial charge >= 0.3 is 0 Å². The minimum Gasteiger partial charge on any atom is -0.507 e. The molecule has 0 amide bonds. The van der Waals surface area contributed by atoms with Gasteiger partial charge in [0, 0.05) is 56.3 Å². The second-order valence-electron chi connectivity index (χ2n) is 7.68. The molecule has 8 heteroatoms. The van der Waals surface area contributed by atoms with E-state index in [4.69, 9.17) is 16.2 Å². The zero-order valence-corrected chi connectivity index (χ0v) is 20.2. The fourth-order valence-corrected chi connectivity index (χ4v) is 4.39. The summed E-state index contributed by atoms with van der Waals surface area (Å²) < 4.78 is 0. The van der Waals surface area contributed by atoms with Gasteiger partial charge in [0.1, 0.15) is 5.75 Å². The fourth-order valence-electron chi connectivity index (χ4n) is 4.39. The molecule has 2 unspecified atom stereocenters. The zero-order chi connectivity index (χ0) is 24.4. The first-order valence-electron chi connectivity index (χ1n) is 11.8. The Morgan fingerprint density at radius 2 is 1.73 bits per heavy atom. The average Bonchev–Trinajstić information content (AvgIpc) is 3.42. The quantitative estimate of drug-likeness (QED) is 0.494. The Balaban J connectivity index is 0.000000914. The predicted molar refractivity (Wildman–Crippen MR) is 135 cm³/mol. The molecule has 1 aromatic heterocycles. The van der Waals surface area contributed by atoms with Gasteiger partial charge in [-0.1, -0.05) is 33.8 Å². The largest absolute Gasteiger partial charge is 0.507 e. The lowest BCUT2D eigenvalue weighted by atomic mass is 10.0. The molecule has 0 aliphatic carbocycles. The summed E-state index contributed by atoms with van der Waals surface area (Å²) in [5.41, 5.74) is 7.90. The fraction of sp³-hybridized carbons (Fsp3) is 0.480. The number of hydrogen-bond acceptors (Lipinski definition) is 8. The van der Waals surface area contributed by atoms with Crippen LogP contribution in [0.3, 0.4) is 0 Å². The molecule has 2 atom stereocenters. The number of phenols is 1. The van der Waals surface area contributed by atoms with Gasteiger partial charge in [0.2, 0.25) is 0 Å². The highest BCUT2D eigenvalue weighted by Crippen LogP contribution is 2.34. The smallest absolute Gasteiger partial charge is 0.151 e. The van der Waals surface area contributed by atoms with Crippen molar-refractivity contribution in [1.82, 2.24) is 15.1 Å². The van der Waals surface area contributed by atoms with Crippen molar-refractivity contribution in [2.75, 3.05) is 44.2 Å². The van der Waals surface area contributed by atoms with Crippen LogP contribution in [0.1, 0.15) is 33.3 Å². The van der Waals surface area contributed by atoms with Crippen molar-refractivity contribution in [3.8, 4) is 17.0 Å². The third-order valence-corrected chi connectivity index (χ3v) is 5.89. The van der Waals surface area contributed by atoms with E-state index in [1.165, 1.54) is 6.20 Å². The summed E-state index contributed by atoms with van der Waals surface area (Å²) in [6.07, 6.45) is 2.49. The highest BCUT2D eigenvalue weighted by molar-refractivity contribution is 6.08. The van der Waals surface area contributed by atoms with Gasteiger partial charge in [-0.15, -0.1) is 10.2 Å². The molecule has 0 bridgehead atoms. The molecule has 0 saturated carbocycles. The molecular formula is C25H38N6O2. The third kappa shape index (κ3) is 6.09. The van der Waals surface area contributed by atoms with Crippen LogP contribution < -0.4 is 10.6 Å². The van der Waals surface area contributed by atoms with Crippen LogP contribution in [0, 0.1) is 17.2 Å². The predicted octanol–water partition coefficient (Wildman–Crippen LogP) is 3.21. The number of aliphatic hydroxyl groups excluding tert-OH is 1. The summed E-state index contributed by atoms with van der Waals surface area (Å²) in [6.45, 7) is 12.9. The van der Waals surface area contributed by atoms with E-state index < -0.39 is 0 Å². The number of fused-ring (bicyclic) bond motifs is 1. The van der Waals surface area contributed by atoms with Crippen LogP contribution in [0.15, 0.2) is 36.5 Å². The zero-order valence-electron chi connectivity index (χ0n) is 20.2. The van der Waals surface area contributed by atoms with Crippen molar-refractivity contribution < 1.29 is 10.2 Å². The molecule has 2 aromatic rings. The van der Waals surface area contributed by atoms with Gasteiger partial charge in [-0.2, -0.15) is 0 Å². The Morgan fingerprint density at radius 3 is 2.21 bits per heavy atom. The molecule has 0 spiro atoms. The Kier molecular flexibility index (Phi) is 10.3. The molecule has 1 aromatic carbocycles. The number of nitrogens with one attached hydrogen (secondary N) is 1. The van der Waals surface area contributed by atoms with Crippen LogP contribution in [0.5, 0.6) is 5.75 Å². The monoisotopic (exact) mass is 454 g/mol. The van der Waals surface area contributed by atoms with Gasteiger partial charge in [-0.3, -0.25) is 0 Å². The number of aromatic nitrogens is 2. The van der Waals surface area contributed by atoms with Crippen LogP contribution in [0.25, 0.3) is 16.8 Å². The molecule has 2 saturated heterocycles. The normalized spacial score (nSPS) is 19.8. The highest BCUT2D eigenvalue weighted by atomic mass is 16.3. The van der Waals surface area contributed by atoms with Crippen molar-refractivity contribution in [3.05, 3.63) is 42.1 Å². The number of likely N-dealkylation sites (tertiary alicyclic amines) is 1. The molecule has 2 fully saturated rings. The molecule has 3 heterocycles. The first-order chi connectivity index (χ1) is 16.1. The molecule has 5 N–H and O–H groups in total. The standard InChI is InChI=1S/C21H26N6O2.2C2H6/c22-8-15(9-23)14-1-2-18(20(29)7-14)19-3-4-21(25-24-19)27-12-16-10-26(5-6-28)11-17(16)13-27;2*1-2/h1-4,7-9,16-17,22,28-29H,5-6,10-13,23H2;2*1-2H3/b15-9+,22-8?;;. The van der Waals surface area contributed by atoms with Gasteiger partial charge in [0.05, 0.1) is 12.3 Å². The maximum Gasteiger partial charge on any atom is 0.151 e. The number of nitrogens with zero attached hydrogens (tertiary/aromatic N) is 4. The summed E-state index contributed by atoms with van der Waals surface area (Å²) in [4.78, 5) is 4.60. The van der Waals surface area contributed by atoms with E-state index in [0.29, 0.717) is 34.2 Å². The van der Waals surface area contributed by atoms with Crippen LogP contribution in [-0.2, 0) is 0 Å². The molecule has 180 valence electrons. The van der Waals surface area contributed by atoms with Gasteiger partial charge in [-0.25, -0.2) is 0 Å². The minimum atomic E-state index is 0.0745. The number of aliphatic hydroxyl groups is 1. The van der Waals surface area contributed by atoms with E-state index in [1.54, 1.807) is 18.2 Å². The summed E-state index contributed by atoms with van der Waals surface area (Å²) in [5.74, 6) is 2.15. The van der Waals surface area contributed by atoms with Crippen LogP contribution in [0.4, 0.5) is 5.82 Å². The number of hydrogen-bond donors (Lipinski definition) is 4. The Labute approximate surface area is 197 Å². The molecular weight excluding hydrogens is 416 g/mol. The maximum absolute atomic E-state index is 10.4. The van der Waals surface area contributed by atoms with E-state index in [0.717, 1.165) is 44.8 Å². The first-order valence-corrected chi connectivity index (χ1v) is 11.8. The Bertz CT molecular complexity index is 902. The van der Waals surface area contributed by atoms with E-state index in [1.807, 2.05) is 39.8 Å². The molecule has 2 aliphatic heterocycles. The maximum atomic E-state index is 10.4. The number of benzene rings is 1. The van der Waals surface area contributed by atoms with Crippen molar-refractivity contribution in [2.24, 2.45) is 17.6 Å². The number of aromatic hydroxyl groups is 1. The number of allylic oxidation sites excluding steroid dienone is 1. The second kappa shape index (κ2) is 12.9. The van der Waals surface area contributed by atoms with Gasteiger partial charge in [0.25, 0.3) is 0 Å². The third-order valence-electron chi connectivity index (χ3n) is 5.89. The number of β-amino-alcohol motifs (C(OH)–C–C–N with tert-alkyl or cyclic N) is 1. The highest BCUT2D eigenvalue weighted by Gasteiger charge is 2.40. The van der Waals surface area contributed by atoms with E-state index >= 15 is 0 Å². The molecule has 8 nitrogen and oxygen atoms in total. The van der Waals surface area contributed by atoms with Crippen molar-refractivity contribution >= 4 is 17.6 Å². The summed E-state index contributed by atoms with van der Waals surface area (Å²) >= 11 is 0. The van der Waals surface area contributed by atoms with Crippen LogP contribution in [-0.4, -0.2) is 70.9 Å². The Morgan fingerprint density at radius 1 is 1.06 bits per heavy atom. The minimum absolute atomic E-state index is 0.0745. The molecule has 0 radical (unpaired) electrons. The summed E-state index contributed by atoms with van der Waals surface area (Å²) in [6, 6.07) is 8.96. The van der Waals surface area contributed by atoms with Crippen molar-refractivity contribution in [1.29, 1.82) is 5.41 Å². The van der Waals surface area contributed by atoms with Crippen LogP contribution >= 0.6 is 0 Å². The van der Waals surface area contributed by atoms with E-state index in [-0.39, 0.29) is 12.4 Å². The first kappa shape index (κ1) is 26.3. The lowest BCUT2D eigenvalue weighted by Gasteiger charge is -2.21. The SMILES string of the molecule is CC.CC.N=C/C(=C\N)c1ccc(-c2ccc(N3CC4CN(CCO)CC4C3)nn2)c(O)c1. The van der Waals surface area contributed by atoms with E-state index in [9.17, 15) is 5.11 Å². The molecule has 4 rings (SSSR count). The van der Waals surface area contributed by atoms with Gasteiger partial charge < -0.3 is 31.2 Å². The summed E-state index contributed by atoms with van der Waals surface area (Å²) in [5, 5.41) is 35.6. The number of anilines is 1. The van der Waals surface area contributed by atoms with E-state index in [2.05, 4.69) is 20.0 Å². The Hall–Kier alpha value is -2.97. The topological polar surface area (TPSA) is 123 Å². The lowest BCUT2D eigenvalue weighted by molar-refractivity contribution is 0.214. The number of nitrogens with two attached hydrogens (primary N) is 1. The second-order valence-corrected chi connectivity index (χ2v) is 7.68. The average molecular weight is 455 g/mol. The van der Waals surface area contributed by atoms with Crippen molar-refractivity contribution in [3.63, 3.8) is 0 Å². The van der Waals surface area contributed by atoms with Crippen LogP contribution in [0.2, 0.25) is 0 Å². The molecule has 2 aliphatic rings. The summed E-state index contributed by atoms with van der Waals surface area (Å²) in [7, 11) is 0. The van der Waals surface area contributed by atoms with Crippen molar-refractivity contribution in [2.45, 2.75) is 27.7 Å². The van der Waals surface area contributed by atoms with Gasteiger partial charge in [-0.05, 0) is 41.7 Å².